The number of aromatic amines is 1. The van der Waals surface area contributed by atoms with Crippen LogP contribution in [0.2, 0.25) is 5.02 Å². The first-order chi connectivity index (χ1) is 14.0. The number of aromatic nitrogens is 4. The molecule has 0 aliphatic heterocycles. The molecule has 7 nitrogen and oxygen atoms in total. The van der Waals surface area contributed by atoms with Gasteiger partial charge in [0.05, 0.1) is 17.1 Å². The van der Waals surface area contributed by atoms with Gasteiger partial charge in [-0.3, -0.25) is 19.6 Å². The molecule has 1 amide bonds. The Hall–Kier alpha value is -3.45. The van der Waals surface area contributed by atoms with E-state index in [0.29, 0.717) is 21.8 Å². The summed E-state index contributed by atoms with van der Waals surface area (Å²) < 4.78 is 1.25. The fraction of sp³-hybridized carbons (Fsp3) is 0.143. The van der Waals surface area contributed by atoms with E-state index in [2.05, 4.69) is 15.1 Å². The number of benzene rings is 2. The van der Waals surface area contributed by atoms with E-state index < -0.39 is 0 Å². The highest BCUT2D eigenvalue weighted by Crippen LogP contribution is 2.22. The van der Waals surface area contributed by atoms with Crippen LogP contribution in [0.15, 0.2) is 59.4 Å². The van der Waals surface area contributed by atoms with Gasteiger partial charge in [0, 0.05) is 11.3 Å². The van der Waals surface area contributed by atoms with Gasteiger partial charge < -0.3 is 0 Å². The summed E-state index contributed by atoms with van der Waals surface area (Å²) in [6.07, 6.45) is 0. The molecular weight excluding hydrogens is 390 g/mol. The van der Waals surface area contributed by atoms with Gasteiger partial charge in [-0.1, -0.05) is 54.1 Å². The van der Waals surface area contributed by atoms with Crippen molar-refractivity contribution in [2.75, 3.05) is 4.90 Å². The smallest absolute Gasteiger partial charge is 0.272 e. The highest BCUT2D eigenvalue weighted by Gasteiger charge is 2.24. The van der Waals surface area contributed by atoms with Crippen LogP contribution in [0.1, 0.15) is 27.2 Å². The molecule has 0 aliphatic rings. The van der Waals surface area contributed by atoms with Crippen LogP contribution in [0.4, 0.5) is 5.95 Å². The van der Waals surface area contributed by atoms with E-state index in [1.807, 2.05) is 30.3 Å². The summed E-state index contributed by atoms with van der Waals surface area (Å²) in [5, 5.41) is 3.26. The van der Waals surface area contributed by atoms with Crippen molar-refractivity contribution in [3.05, 3.63) is 92.4 Å². The van der Waals surface area contributed by atoms with Crippen molar-refractivity contribution in [1.82, 2.24) is 19.6 Å². The number of H-pyrrole nitrogens is 1. The van der Waals surface area contributed by atoms with E-state index in [9.17, 15) is 9.59 Å². The number of rotatable bonds is 4. The number of halogens is 1. The van der Waals surface area contributed by atoms with Gasteiger partial charge in [-0.05, 0) is 31.5 Å². The summed E-state index contributed by atoms with van der Waals surface area (Å²) >= 11 is 6.25. The van der Waals surface area contributed by atoms with E-state index >= 15 is 0 Å². The van der Waals surface area contributed by atoms with Gasteiger partial charge in [-0.2, -0.15) is 9.50 Å². The Morgan fingerprint density at radius 3 is 2.48 bits per heavy atom. The Morgan fingerprint density at radius 1 is 1.07 bits per heavy atom. The molecule has 0 unspecified atom stereocenters. The number of aryl methyl sites for hydroxylation is 1. The third kappa shape index (κ3) is 3.52. The Labute approximate surface area is 171 Å². The second-order valence-electron chi connectivity index (χ2n) is 6.67. The zero-order valence-electron chi connectivity index (χ0n) is 15.9. The Morgan fingerprint density at radius 2 is 1.76 bits per heavy atom. The average Bonchev–Trinajstić information content (AvgIpc) is 3.14. The van der Waals surface area contributed by atoms with Crippen LogP contribution >= 0.6 is 11.6 Å². The lowest BCUT2D eigenvalue weighted by Crippen LogP contribution is -2.32. The van der Waals surface area contributed by atoms with E-state index in [4.69, 9.17) is 11.6 Å². The highest BCUT2D eigenvalue weighted by molar-refractivity contribution is 6.34. The summed E-state index contributed by atoms with van der Waals surface area (Å²) in [7, 11) is 0. The topological polar surface area (TPSA) is 83.4 Å². The molecule has 0 spiro atoms. The average molecular weight is 408 g/mol. The van der Waals surface area contributed by atoms with E-state index in [1.165, 1.54) is 9.42 Å². The number of anilines is 1. The normalized spacial score (nSPS) is 11.0. The molecule has 8 heteroatoms. The summed E-state index contributed by atoms with van der Waals surface area (Å²) in [4.78, 5) is 36.1. The second kappa shape index (κ2) is 7.52. The quantitative estimate of drug-likeness (QED) is 0.561. The fourth-order valence-corrected chi connectivity index (χ4v) is 3.22. The maximum atomic E-state index is 13.3. The molecule has 4 aromatic rings. The molecular formula is C21H18ClN5O2. The van der Waals surface area contributed by atoms with Crippen LogP contribution in [0.25, 0.3) is 5.78 Å². The third-order valence-corrected chi connectivity index (χ3v) is 5.07. The van der Waals surface area contributed by atoms with Crippen molar-refractivity contribution in [2.24, 2.45) is 0 Å². The van der Waals surface area contributed by atoms with Gasteiger partial charge in [-0.15, -0.1) is 0 Å². The highest BCUT2D eigenvalue weighted by atomic mass is 35.5. The zero-order chi connectivity index (χ0) is 20.5. The largest absolute Gasteiger partial charge is 0.277 e. The van der Waals surface area contributed by atoms with E-state index in [0.717, 1.165) is 5.56 Å². The maximum absolute atomic E-state index is 13.3. The SMILES string of the molecule is Cc1nc2nc(N(Cc3ccccc3)C(=O)c3ccccc3Cl)[nH]n2c(=O)c1C. The van der Waals surface area contributed by atoms with Crippen LogP contribution in [-0.4, -0.2) is 25.5 Å². The molecule has 0 fully saturated rings. The molecule has 0 saturated heterocycles. The monoisotopic (exact) mass is 407 g/mol. The molecule has 0 aliphatic carbocycles. The minimum atomic E-state index is -0.333. The Kier molecular flexibility index (Phi) is 4.90. The predicted octanol–water partition coefficient (Wildman–Crippen LogP) is 3.53. The first kappa shape index (κ1) is 18.9. The minimum Gasteiger partial charge on any atom is -0.272 e. The number of hydrogen-bond acceptors (Lipinski definition) is 4. The van der Waals surface area contributed by atoms with Gasteiger partial charge in [0.2, 0.25) is 5.95 Å². The van der Waals surface area contributed by atoms with Crippen molar-refractivity contribution >= 4 is 29.2 Å². The number of nitrogens with one attached hydrogen (secondary N) is 1. The summed E-state index contributed by atoms with van der Waals surface area (Å²) in [5.74, 6) is 0.0893. The summed E-state index contributed by atoms with van der Waals surface area (Å²) in [5.41, 5.74) is 2.11. The predicted molar refractivity (Wildman–Crippen MR) is 111 cm³/mol. The van der Waals surface area contributed by atoms with Crippen molar-refractivity contribution in [2.45, 2.75) is 20.4 Å². The van der Waals surface area contributed by atoms with Gasteiger partial charge in [-0.25, -0.2) is 4.98 Å². The molecule has 146 valence electrons. The lowest BCUT2D eigenvalue weighted by atomic mass is 10.1. The fourth-order valence-electron chi connectivity index (χ4n) is 3.00. The third-order valence-electron chi connectivity index (χ3n) is 4.74. The van der Waals surface area contributed by atoms with Crippen LogP contribution in [0, 0.1) is 13.8 Å². The summed E-state index contributed by atoms with van der Waals surface area (Å²) in [6, 6.07) is 16.3. The molecule has 2 heterocycles. The van der Waals surface area contributed by atoms with Gasteiger partial charge in [0.1, 0.15) is 0 Å². The van der Waals surface area contributed by atoms with Crippen LogP contribution in [0.3, 0.4) is 0 Å². The molecule has 1 N–H and O–H groups in total. The number of amides is 1. The molecule has 0 bridgehead atoms. The van der Waals surface area contributed by atoms with Crippen molar-refractivity contribution in [3.8, 4) is 0 Å². The van der Waals surface area contributed by atoms with Gasteiger partial charge >= 0.3 is 0 Å². The second-order valence-corrected chi connectivity index (χ2v) is 7.07. The molecule has 29 heavy (non-hydrogen) atoms. The molecule has 0 saturated carbocycles. The van der Waals surface area contributed by atoms with Crippen molar-refractivity contribution < 1.29 is 4.79 Å². The molecule has 2 aromatic heterocycles. The number of nitrogens with zero attached hydrogens (tertiary/aromatic N) is 4. The number of carbonyl (C=O) groups is 1. The van der Waals surface area contributed by atoms with Crippen LogP contribution < -0.4 is 10.5 Å². The molecule has 4 rings (SSSR count). The summed E-state index contributed by atoms with van der Waals surface area (Å²) in [6.45, 7) is 3.70. The number of carbonyl (C=O) groups excluding carboxylic acids is 1. The minimum absolute atomic E-state index is 0.207. The first-order valence-corrected chi connectivity index (χ1v) is 9.40. The lowest BCUT2D eigenvalue weighted by Gasteiger charge is -2.20. The number of fused-ring (bicyclic) bond motifs is 1. The van der Waals surface area contributed by atoms with E-state index in [-0.39, 0.29) is 29.7 Å². The zero-order valence-corrected chi connectivity index (χ0v) is 16.6. The molecule has 2 aromatic carbocycles. The molecule has 0 atom stereocenters. The molecule has 0 radical (unpaired) electrons. The van der Waals surface area contributed by atoms with Crippen LogP contribution in [-0.2, 0) is 6.54 Å². The first-order valence-electron chi connectivity index (χ1n) is 9.02. The van der Waals surface area contributed by atoms with Gasteiger partial charge in [0.25, 0.3) is 17.2 Å². The van der Waals surface area contributed by atoms with Crippen LogP contribution in [0.5, 0.6) is 0 Å². The maximum Gasteiger partial charge on any atom is 0.277 e. The Bertz CT molecular complexity index is 1260. The van der Waals surface area contributed by atoms with E-state index in [1.54, 1.807) is 38.1 Å². The lowest BCUT2D eigenvalue weighted by molar-refractivity contribution is 0.0983. The van der Waals surface area contributed by atoms with Gasteiger partial charge in [0.15, 0.2) is 0 Å². The standard InChI is InChI=1S/C21H18ClN5O2/c1-13-14(2)23-20-24-21(25-27(20)18(13)28)26(12-15-8-4-3-5-9-15)19(29)16-10-6-7-11-17(16)22/h3-11H,12H2,1-2H3,(H,23,24,25). The van der Waals surface area contributed by atoms with Crippen molar-refractivity contribution in [3.63, 3.8) is 0 Å². The Balaban J connectivity index is 1.85. The number of hydrogen-bond donors (Lipinski definition) is 1. The van der Waals surface area contributed by atoms with Crippen molar-refractivity contribution in [1.29, 1.82) is 0 Å².